The zero-order valence-corrected chi connectivity index (χ0v) is 10.3. The Balaban J connectivity index is 1.66. The molecule has 0 amide bonds. The number of nitrogens with one attached hydrogen (secondary N) is 1. The number of pyridine rings is 1. The first-order valence-electron chi connectivity index (χ1n) is 6.46. The molecule has 0 aliphatic heterocycles. The molecule has 2 aliphatic rings. The minimum Gasteiger partial charge on any atom is -0.307 e. The van der Waals surface area contributed by atoms with Gasteiger partial charge in [-0.3, -0.25) is 4.98 Å². The second-order valence-electron chi connectivity index (χ2n) is 5.58. The Hall–Kier alpha value is -1.58. The number of azide groups is 1. The van der Waals surface area contributed by atoms with Gasteiger partial charge in [-0.1, -0.05) is 5.11 Å². The summed E-state index contributed by atoms with van der Waals surface area (Å²) in [5.74, 6) is 0. The largest absolute Gasteiger partial charge is 0.307 e. The second-order valence-corrected chi connectivity index (χ2v) is 5.58. The molecule has 0 atom stereocenters. The number of nitrogens with zero attached hydrogens (tertiary/aromatic N) is 4. The van der Waals surface area contributed by atoms with Crippen molar-refractivity contribution in [1.82, 2.24) is 10.3 Å². The van der Waals surface area contributed by atoms with Crippen molar-refractivity contribution in [3.8, 4) is 0 Å². The van der Waals surface area contributed by atoms with Gasteiger partial charge >= 0.3 is 0 Å². The normalized spacial score (nSPS) is 33.3. The van der Waals surface area contributed by atoms with E-state index < -0.39 is 0 Å². The lowest BCUT2D eigenvalue weighted by molar-refractivity contribution is 0.322. The van der Waals surface area contributed by atoms with Crippen LogP contribution in [-0.2, 0) is 6.54 Å². The molecule has 3 rings (SSSR count). The maximum atomic E-state index is 8.66. The SMILES string of the molecule is [N-]=[N+]=NC12CCC(NCc3ccncc3)(CC1)C2. The van der Waals surface area contributed by atoms with Gasteiger partial charge in [0.2, 0.25) is 0 Å². The topological polar surface area (TPSA) is 73.7 Å². The average Bonchev–Trinajstić information content (AvgIpc) is 2.94. The van der Waals surface area contributed by atoms with Gasteiger partial charge in [0.15, 0.2) is 0 Å². The molecule has 1 N–H and O–H groups in total. The van der Waals surface area contributed by atoms with Crippen molar-refractivity contribution < 1.29 is 0 Å². The second kappa shape index (κ2) is 4.26. The molecular formula is C13H17N5. The molecule has 1 aromatic heterocycles. The predicted molar refractivity (Wildman–Crippen MR) is 68.8 cm³/mol. The van der Waals surface area contributed by atoms with Crippen LogP contribution in [-0.4, -0.2) is 16.1 Å². The molecule has 0 radical (unpaired) electrons. The molecule has 2 fully saturated rings. The Morgan fingerprint density at radius 1 is 1.28 bits per heavy atom. The van der Waals surface area contributed by atoms with E-state index in [1.165, 1.54) is 5.56 Å². The third-order valence-corrected chi connectivity index (χ3v) is 4.48. The molecule has 0 unspecified atom stereocenters. The van der Waals surface area contributed by atoms with Crippen LogP contribution in [0.15, 0.2) is 29.6 Å². The molecule has 0 spiro atoms. The van der Waals surface area contributed by atoms with Crippen molar-refractivity contribution in [2.24, 2.45) is 5.11 Å². The summed E-state index contributed by atoms with van der Waals surface area (Å²) in [5, 5.41) is 7.72. The van der Waals surface area contributed by atoms with E-state index in [1.807, 2.05) is 24.5 Å². The summed E-state index contributed by atoms with van der Waals surface area (Å²) in [6.07, 6.45) is 8.94. The van der Waals surface area contributed by atoms with Gasteiger partial charge in [0, 0.05) is 29.4 Å². The third-order valence-electron chi connectivity index (χ3n) is 4.48. The average molecular weight is 243 g/mol. The molecule has 1 heterocycles. The van der Waals surface area contributed by atoms with Gasteiger partial charge in [-0.25, -0.2) is 0 Å². The van der Waals surface area contributed by atoms with Crippen LogP contribution in [0.1, 0.15) is 37.7 Å². The van der Waals surface area contributed by atoms with Gasteiger partial charge in [0.1, 0.15) is 0 Å². The Bertz CT molecular complexity index is 469. The number of hydrogen-bond acceptors (Lipinski definition) is 3. The fraction of sp³-hybridized carbons (Fsp3) is 0.615. The summed E-state index contributed by atoms with van der Waals surface area (Å²) in [5.41, 5.74) is 10.0. The Morgan fingerprint density at radius 3 is 2.67 bits per heavy atom. The van der Waals surface area contributed by atoms with Crippen LogP contribution in [0.5, 0.6) is 0 Å². The van der Waals surface area contributed by atoms with E-state index in [4.69, 9.17) is 5.53 Å². The van der Waals surface area contributed by atoms with Gasteiger partial charge in [0.25, 0.3) is 0 Å². The Labute approximate surface area is 106 Å². The highest BCUT2D eigenvalue weighted by Gasteiger charge is 2.53. The summed E-state index contributed by atoms with van der Waals surface area (Å²) in [4.78, 5) is 7.05. The molecule has 0 aromatic carbocycles. The first kappa shape index (κ1) is 11.5. The third kappa shape index (κ3) is 1.96. The van der Waals surface area contributed by atoms with Gasteiger partial charge < -0.3 is 5.32 Å². The van der Waals surface area contributed by atoms with Crippen LogP contribution in [0.3, 0.4) is 0 Å². The van der Waals surface area contributed by atoms with Crippen LogP contribution in [0.4, 0.5) is 0 Å². The van der Waals surface area contributed by atoms with Crippen LogP contribution < -0.4 is 5.32 Å². The van der Waals surface area contributed by atoms with Gasteiger partial charge in [-0.05, 0) is 55.3 Å². The highest BCUT2D eigenvalue weighted by molar-refractivity contribution is 5.16. The predicted octanol–water partition coefficient (Wildman–Crippen LogP) is 2.94. The van der Waals surface area contributed by atoms with E-state index in [9.17, 15) is 0 Å². The first-order valence-corrected chi connectivity index (χ1v) is 6.46. The van der Waals surface area contributed by atoms with Crippen molar-refractivity contribution in [2.45, 2.75) is 49.7 Å². The van der Waals surface area contributed by atoms with Crippen molar-refractivity contribution >= 4 is 0 Å². The highest BCUT2D eigenvalue weighted by atomic mass is 15.2. The molecule has 18 heavy (non-hydrogen) atoms. The molecule has 94 valence electrons. The van der Waals surface area contributed by atoms with Crippen LogP contribution >= 0.6 is 0 Å². The highest BCUT2D eigenvalue weighted by Crippen LogP contribution is 2.52. The molecule has 5 nitrogen and oxygen atoms in total. The zero-order chi connectivity index (χ0) is 12.5. The van der Waals surface area contributed by atoms with Gasteiger partial charge in [-0.15, -0.1) is 0 Å². The number of fused-ring (bicyclic) bond motifs is 2. The first-order chi connectivity index (χ1) is 8.76. The minimum absolute atomic E-state index is 0.0972. The fourth-order valence-corrected chi connectivity index (χ4v) is 3.44. The van der Waals surface area contributed by atoms with Crippen LogP contribution in [0.25, 0.3) is 10.4 Å². The summed E-state index contributed by atoms with van der Waals surface area (Å²) < 4.78 is 0. The summed E-state index contributed by atoms with van der Waals surface area (Å²) in [6, 6.07) is 4.07. The van der Waals surface area contributed by atoms with E-state index in [1.54, 1.807) is 0 Å². The number of hydrogen-bond donors (Lipinski definition) is 1. The van der Waals surface area contributed by atoms with Crippen molar-refractivity contribution in [2.75, 3.05) is 0 Å². The summed E-state index contributed by atoms with van der Waals surface area (Å²) in [7, 11) is 0. The lowest BCUT2D eigenvalue weighted by atomic mass is 9.91. The quantitative estimate of drug-likeness (QED) is 0.501. The van der Waals surface area contributed by atoms with Crippen molar-refractivity contribution in [3.63, 3.8) is 0 Å². The smallest absolute Gasteiger partial charge is 0.0507 e. The Kier molecular flexibility index (Phi) is 2.73. The maximum absolute atomic E-state index is 8.66. The molecule has 2 bridgehead atoms. The lowest BCUT2D eigenvalue weighted by Crippen LogP contribution is -2.40. The van der Waals surface area contributed by atoms with Gasteiger partial charge in [-0.2, -0.15) is 0 Å². The molecule has 2 saturated carbocycles. The monoisotopic (exact) mass is 243 g/mol. The molecule has 2 aliphatic carbocycles. The van der Waals surface area contributed by atoms with Crippen LogP contribution in [0, 0.1) is 0 Å². The fourth-order valence-electron chi connectivity index (χ4n) is 3.44. The molecule has 1 aromatic rings. The molecule has 0 saturated heterocycles. The molecule has 5 heteroatoms. The van der Waals surface area contributed by atoms with E-state index in [0.717, 1.165) is 38.6 Å². The zero-order valence-electron chi connectivity index (χ0n) is 10.3. The summed E-state index contributed by atoms with van der Waals surface area (Å²) in [6.45, 7) is 0.870. The Morgan fingerprint density at radius 2 is 2.00 bits per heavy atom. The van der Waals surface area contributed by atoms with E-state index >= 15 is 0 Å². The standard InChI is InChI=1S/C13H17N5/c14-18-17-13-5-3-12(10-13,4-6-13)16-9-11-1-7-15-8-2-11/h1-2,7-8,16H,3-6,9-10H2. The lowest BCUT2D eigenvalue weighted by Gasteiger charge is -2.28. The van der Waals surface area contributed by atoms with Crippen molar-refractivity contribution in [1.29, 1.82) is 0 Å². The van der Waals surface area contributed by atoms with E-state index in [2.05, 4.69) is 20.3 Å². The summed E-state index contributed by atoms with van der Waals surface area (Å²) >= 11 is 0. The van der Waals surface area contributed by atoms with E-state index in [0.29, 0.717) is 0 Å². The van der Waals surface area contributed by atoms with Gasteiger partial charge in [0.05, 0.1) is 5.54 Å². The maximum Gasteiger partial charge on any atom is 0.0507 e. The van der Waals surface area contributed by atoms with Crippen LogP contribution in [0.2, 0.25) is 0 Å². The number of rotatable bonds is 4. The minimum atomic E-state index is -0.0972. The molecular weight excluding hydrogens is 226 g/mol. The van der Waals surface area contributed by atoms with E-state index in [-0.39, 0.29) is 11.1 Å². The van der Waals surface area contributed by atoms with Crippen molar-refractivity contribution in [3.05, 3.63) is 40.5 Å². The number of aromatic nitrogens is 1.